The number of ether oxygens (including phenoxy) is 3. The summed E-state index contributed by atoms with van der Waals surface area (Å²) < 4.78 is 86.3. The van der Waals surface area contributed by atoms with Gasteiger partial charge in [0.05, 0.1) is 6.61 Å². The average Bonchev–Trinajstić information content (AvgIpc) is 2.99. The molecule has 1 fully saturated rings. The molecule has 0 saturated carbocycles. The van der Waals surface area contributed by atoms with Gasteiger partial charge in [-0.1, -0.05) is 12.1 Å². The van der Waals surface area contributed by atoms with Crippen LogP contribution in [0.2, 0.25) is 0 Å². The Morgan fingerprint density at radius 3 is 2.92 bits per heavy atom. The molecule has 2 heterocycles. The lowest BCUT2D eigenvalue weighted by atomic mass is 9.81. The number of nitrogens with one attached hydrogen (secondary N) is 1. The summed E-state index contributed by atoms with van der Waals surface area (Å²) in [7, 11) is 0. The van der Waals surface area contributed by atoms with Gasteiger partial charge in [-0.05, 0) is 48.6 Å². The van der Waals surface area contributed by atoms with E-state index < -0.39 is 37.2 Å². The number of benzene rings is 2. The molecule has 0 radical (unpaired) electrons. The molecule has 126 valence electrons. The Morgan fingerprint density at radius 2 is 2.04 bits per heavy atom. The first-order chi connectivity index (χ1) is 14.4. The Bertz CT molecular complexity index is 989. The molecular formula is C19H20FNO3. The number of hydrogen-bond donors (Lipinski definition) is 1. The van der Waals surface area contributed by atoms with Crippen molar-refractivity contribution >= 4 is 0 Å². The molecule has 0 bridgehead atoms. The van der Waals surface area contributed by atoms with E-state index in [2.05, 4.69) is 5.32 Å². The van der Waals surface area contributed by atoms with E-state index in [-0.39, 0.29) is 36.0 Å². The largest absolute Gasteiger partial charge is 0.493 e. The van der Waals surface area contributed by atoms with E-state index in [1.165, 1.54) is 30.3 Å². The first-order valence-corrected chi connectivity index (χ1v) is 7.52. The standard InChI is InChI=1S/C19H20FNO3/c20-15-3-1-13(2-4-15)17-7-8-21-10-14(17)11-22-16-5-6-18-19(9-16)24-12-23-18/h1-6,9,14,17,21H,7-8,10-12H2/t14-,17?/m0/s1/i7D2,8D2,12D2,17D. The predicted molar refractivity (Wildman–Crippen MR) is 88.2 cm³/mol. The summed E-state index contributed by atoms with van der Waals surface area (Å²) in [5, 5.41) is 2.51. The monoisotopic (exact) mass is 336 g/mol. The molecule has 0 spiro atoms. The van der Waals surface area contributed by atoms with E-state index in [0.29, 0.717) is 0 Å². The van der Waals surface area contributed by atoms with Crippen molar-refractivity contribution in [2.45, 2.75) is 12.3 Å². The van der Waals surface area contributed by atoms with Crippen molar-refractivity contribution in [3.8, 4) is 17.2 Å². The Hall–Kier alpha value is -2.27. The molecule has 0 aromatic heterocycles. The molecule has 0 amide bonds. The normalized spacial score (nSPS) is 36.0. The lowest BCUT2D eigenvalue weighted by Crippen LogP contribution is -2.38. The SMILES string of the molecule is [2H]C1([2H])Oc2ccc(OC[C@@H]3CNC([2H])([2H])C([2H])([2H])C3([2H])c3ccc(F)cc3)cc2O1. The van der Waals surface area contributed by atoms with Crippen LogP contribution in [0.3, 0.4) is 0 Å². The van der Waals surface area contributed by atoms with E-state index in [1.807, 2.05) is 0 Å². The Kier molecular flexibility index (Phi) is 2.59. The third-order valence-electron chi connectivity index (χ3n) is 3.87. The minimum atomic E-state index is -2.67. The van der Waals surface area contributed by atoms with Crippen LogP contribution in [0.15, 0.2) is 42.5 Å². The van der Waals surface area contributed by atoms with Gasteiger partial charge in [-0.3, -0.25) is 0 Å². The van der Waals surface area contributed by atoms with Crippen LogP contribution in [0.5, 0.6) is 17.2 Å². The van der Waals surface area contributed by atoms with Crippen molar-refractivity contribution in [1.29, 1.82) is 0 Å². The smallest absolute Gasteiger partial charge is 0.231 e. The number of fused-ring (bicyclic) bond motifs is 1. The summed E-state index contributed by atoms with van der Waals surface area (Å²) >= 11 is 0. The molecule has 2 atom stereocenters. The fourth-order valence-corrected chi connectivity index (χ4v) is 2.62. The second kappa shape index (κ2) is 6.69. The Labute approximate surface area is 150 Å². The highest BCUT2D eigenvalue weighted by molar-refractivity contribution is 5.46. The minimum Gasteiger partial charge on any atom is -0.493 e. The van der Waals surface area contributed by atoms with Crippen LogP contribution in [0.1, 0.15) is 27.4 Å². The summed E-state index contributed by atoms with van der Waals surface area (Å²) in [6.07, 6.45) is -2.67. The number of hydrogen-bond acceptors (Lipinski definition) is 4. The van der Waals surface area contributed by atoms with Gasteiger partial charge in [-0.15, -0.1) is 0 Å². The molecule has 4 nitrogen and oxygen atoms in total. The predicted octanol–water partition coefficient (Wildman–Crippen LogP) is 3.33. The number of piperidine rings is 1. The zero-order valence-corrected chi connectivity index (χ0v) is 12.6. The van der Waals surface area contributed by atoms with Crippen LogP contribution in [0, 0.1) is 11.7 Å². The second-order valence-electron chi connectivity index (χ2n) is 5.46. The number of halogens is 1. The highest BCUT2D eigenvalue weighted by atomic mass is 19.1. The molecule has 1 unspecified atom stereocenters. The molecule has 2 aromatic rings. The van der Waals surface area contributed by atoms with Gasteiger partial charge in [0.15, 0.2) is 11.5 Å². The van der Waals surface area contributed by atoms with Crippen LogP contribution >= 0.6 is 0 Å². The molecule has 4 rings (SSSR count). The molecule has 24 heavy (non-hydrogen) atoms. The van der Waals surface area contributed by atoms with Crippen molar-refractivity contribution in [2.75, 3.05) is 26.4 Å². The van der Waals surface area contributed by atoms with Gasteiger partial charge >= 0.3 is 0 Å². The topological polar surface area (TPSA) is 39.7 Å². The quantitative estimate of drug-likeness (QED) is 0.930. The zero-order valence-electron chi connectivity index (χ0n) is 19.6. The first kappa shape index (κ1) is 9.28. The molecule has 0 aliphatic carbocycles. The Balaban J connectivity index is 1.62. The second-order valence-corrected chi connectivity index (χ2v) is 5.46. The zero-order chi connectivity index (χ0) is 22.7. The van der Waals surface area contributed by atoms with Crippen LogP contribution in [-0.4, -0.2) is 26.4 Å². The maximum Gasteiger partial charge on any atom is 0.231 e. The van der Waals surface area contributed by atoms with Crippen molar-refractivity contribution in [1.82, 2.24) is 5.32 Å². The van der Waals surface area contributed by atoms with Crippen LogP contribution in [-0.2, 0) is 0 Å². The maximum atomic E-state index is 13.4. The third kappa shape index (κ3) is 3.17. The van der Waals surface area contributed by atoms with Gasteiger partial charge < -0.3 is 19.5 Å². The van der Waals surface area contributed by atoms with Crippen molar-refractivity contribution in [3.63, 3.8) is 0 Å². The molecular weight excluding hydrogens is 309 g/mol. The highest BCUT2D eigenvalue weighted by Crippen LogP contribution is 2.36. The van der Waals surface area contributed by atoms with Gasteiger partial charge in [0, 0.05) is 25.4 Å². The summed E-state index contributed by atoms with van der Waals surface area (Å²) in [6.45, 7) is -4.99. The van der Waals surface area contributed by atoms with Crippen molar-refractivity contribution in [2.24, 2.45) is 5.92 Å². The fraction of sp³-hybridized carbons (Fsp3) is 0.368. The van der Waals surface area contributed by atoms with Crippen LogP contribution in [0.25, 0.3) is 0 Å². The lowest BCUT2D eigenvalue weighted by Gasteiger charge is -2.32. The summed E-state index contributed by atoms with van der Waals surface area (Å²) in [6, 6.07) is 9.23. The van der Waals surface area contributed by atoms with Crippen molar-refractivity contribution < 1.29 is 28.2 Å². The molecule has 2 aromatic carbocycles. The van der Waals surface area contributed by atoms with E-state index in [1.54, 1.807) is 0 Å². The van der Waals surface area contributed by atoms with Gasteiger partial charge in [-0.2, -0.15) is 0 Å². The maximum absolute atomic E-state index is 13.4. The van der Waals surface area contributed by atoms with E-state index >= 15 is 0 Å². The third-order valence-corrected chi connectivity index (χ3v) is 3.87. The lowest BCUT2D eigenvalue weighted by molar-refractivity contribution is 0.173. The minimum absolute atomic E-state index is 0.0551. The summed E-state index contributed by atoms with van der Waals surface area (Å²) in [5.74, 6) is -2.82. The Morgan fingerprint density at radius 1 is 1.21 bits per heavy atom. The molecule has 5 heteroatoms. The number of rotatable bonds is 4. The molecule has 1 N–H and O–H groups in total. The summed E-state index contributed by atoms with van der Waals surface area (Å²) in [4.78, 5) is 0. The van der Waals surface area contributed by atoms with Gasteiger partial charge in [-0.25, -0.2) is 4.39 Å². The van der Waals surface area contributed by atoms with Crippen LogP contribution < -0.4 is 19.5 Å². The van der Waals surface area contributed by atoms with E-state index in [9.17, 15) is 4.39 Å². The molecule has 2 aliphatic rings. The highest BCUT2D eigenvalue weighted by Gasteiger charge is 2.27. The van der Waals surface area contributed by atoms with Crippen molar-refractivity contribution in [3.05, 3.63) is 53.8 Å². The first-order valence-electron chi connectivity index (χ1n) is 11.0. The van der Waals surface area contributed by atoms with Gasteiger partial charge in [0.1, 0.15) is 14.3 Å². The van der Waals surface area contributed by atoms with E-state index in [4.69, 9.17) is 23.8 Å². The molecule has 1 saturated heterocycles. The summed E-state index contributed by atoms with van der Waals surface area (Å²) in [5.41, 5.74) is 0.136. The fourth-order valence-electron chi connectivity index (χ4n) is 2.62. The van der Waals surface area contributed by atoms with Gasteiger partial charge in [0.2, 0.25) is 6.75 Å². The van der Waals surface area contributed by atoms with Crippen LogP contribution in [0.4, 0.5) is 4.39 Å². The van der Waals surface area contributed by atoms with Gasteiger partial charge in [0.25, 0.3) is 0 Å². The average molecular weight is 336 g/mol. The molecule has 2 aliphatic heterocycles. The van der Waals surface area contributed by atoms with E-state index in [0.717, 1.165) is 12.1 Å².